The standard InChI is InChI=1S/C6H12O6.C4H7N3O/c7-1-3(9)5(11)6(12)4(10)2-8;1-7-2-3(8)6-4(7)5/h1,3-6,8-12H,2H2;2H2,1H3,(H2,5,6,8)/t3-,4+,5+,6+;/m0./s1. The number of aliphatic hydroxyl groups is 5. The summed E-state index contributed by atoms with van der Waals surface area (Å²) in [6.07, 6.45) is -6.84. The van der Waals surface area contributed by atoms with Gasteiger partial charge in [-0.3, -0.25) is 15.5 Å². The first kappa shape index (κ1) is 18.4. The minimum atomic E-state index is -1.79. The van der Waals surface area contributed by atoms with Crippen molar-refractivity contribution in [3.63, 3.8) is 0 Å². The van der Waals surface area contributed by atoms with Gasteiger partial charge in [0, 0.05) is 7.05 Å². The van der Waals surface area contributed by atoms with Crippen LogP contribution in [-0.4, -0.2) is 93.2 Å². The Morgan fingerprint density at radius 1 is 1.35 bits per heavy atom. The second kappa shape index (κ2) is 8.55. The molecule has 0 aromatic rings. The lowest BCUT2D eigenvalue weighted by atomic mass is 10.0. The maximum absolute atomic E-state index is 10.4. The van der Waals surface area contributed by atoms with Gasteiger partial charge in [-0.05, 0) is 0 Å². The molecule has 0 aromatic heterocycles. The van der Waals surface area contributed by atoms with Gasteiger partial charge in [-0.1, -0.05) is 0 Å². The molecule has 10 heteroatoms. The average molecular weight is 293 g/mol. The lowest BCUT2D eigenvalue weighted by Gasteiger charge is -2.22. The Kier molecular flexibility index (Phi) is 7.87. The van der Waals surface area contributed by atoms with E-state index < -0.39 is 31.0 Å². The molecule has 1 amide bonds. The molecule has 1 rings (SSSR count). The van der Waals surface area contributed by atoms with Gasteiger partial charge in [0.25, 0.3) is 0 Å². The Hall–Kier alpha value is -1.59. The molecule has 7 N–H and O–H groups in total. The third-order valence-electron chi connectivity index (χ3n) is 2.44. The molecule has 10 nitrogen and oxygen atoms in total. The van der Waals surface area contributed by atoms with Crippen molar-refractivity contribution in [1.82, 2.24) is 10.2 Å². The van der Waals surface area contributed by atoms with Crippen LogP contribution in [0, 0.1) is 5.41 Å². The number of aldehydes is 1. The minimum absolute atomic E-state index is 0.0258. The summed E-state index contributed by atoms with van der Waals surface area (Å²) in [5, 5.41) is 52.9. The van der Waals surface area contributed by atoms with Crippen LogP contribution in [-0.2, 0) is 9.59 Å². The molecule has 1 heterocycles. The fourth-order valence-electron chi connectivity index (χ4n) is 1.18. The normalized spacial score (nSPS) is 20.4. The number of likely N-dealkylation sites (N-methyl/N-ethyl adjacent to an activating group) is 1. The molecular formula is C10H19N3O7. The van der Waals surface area contributed by atoms with Gasteiger partial charge in [0.2, 0.25) is 5.91 Å². The van der Waals surface area contributed by atoms with E-state index in [4.69, 9.17) is 30.9 Å². The number of nitrogens with zero attached hydrogens (tertiary/aromatic N) is 1. The first-order valence-corrected chi connectivity index (χ1v) is 5.62. The number of aliphatic hydroxyl groups excluding tert-OH is 5. The van der Waals surface area contributed by atoms with E-state index in [0.717, 1.165) is 0 Å². The molecule has 116 valence electrons. The van der Waals surface area contributed by atoms with Crippen LogP contribution in [0.5, 0.6) is 0 Å². The summed E-state index contributed by atoms with van der Waals surface area (Å²) in [4.78, 5) is 21.8. The molecule has 0 spiro atoms. The highest BCUT2D eigenvalue weighted by Crippen LogP contribution is 2.02. The zero-order valence-corrected chi connectivity index (χ0v) is 10.8. The maximum atomic E-state index is 10.4. The van der Waals surface area contributed by atoms with Gasteiger partial charge in [-0.2, -0.15) is 0 Å². The van der Waals surface area contributed by atoms with E-state index in [9.17, 15) is 9.59 Å². The lowest BCUT2D eigenvalue weighted by molar-refractivity contribution is -0.136. The number of guanidine groups is 1. The SMILES string of the molecule is CN1CC(=O)NC1=N.O=C[C@H](O)[C@@H](O)[C@H](O)[C@H](O)CO. The summed E-state index contributed by atoms with van der Waals surface area (Å²) in [5.41, 5.74) is 0. The van der Waals surface area contributed by atoms with Crippen LogP contribution >= 0.6 is 0 Å². The highest BCUT2D eigenvalue weighted by molar-refractivity contribution is 6.02. The minimum Gasteiger partial charge on any atom is -0.394 e. The fourth-order valence-corrected chi connectivity index (χ4v) is 1.18. The number of carbonyl (C=O) groups is 2. The molecule has 20 heavy (non-hydrogen) atoms. The van der Waals surface area contributed by atoms with Crippen molar-refractivity contribution in [3.05, 3.63) is 0 Å². The van der Waals surface area contributed by atoms with Crippen LogP contribution in [0.15, 0.2) is 0 Å². The molecule has 0 aliphatic carbocycles. The van der Waals surface area contributed by atoms with Crippen LogP contribution in [0.1, 0.15) is 0 Å². The third-order valence-corrected chi connectivity index (χ3v) is 2.44. The van der Waals surface area contributed by atoms with Crippen molar-refractivity contribution in [1.29, 1.82) is 5.41 Å². The quantitative estimate of drug-likeness (QED) is 0.249. The molecule has 0 radical (unpaired) electrons. The molecule has 0 aromatic carbocycles. The van der Waals surface area contributed by atoms with Gasteiger partial charge in [0.05, 0.1) is 13.2 Å². The summed E-state index contributed by atoms with van der Waals surface area (Å²) in [6.45, 7) is -0.442. The Morgan fingerprint density at radius 2 is 1.90 bits per heavy atom. The van der Waals surface area contributed by atoms with Gasteiger partial charge in [-0.25, -0.2) is 0 Å². The lowest BCUT2D eigenvalue weighted by Crippen LogP contribution is -2.46. The predicted octanol–water partition coefficient (Wildman–Crippen LogP) is -4.40. The Labute approximate surface area is 114 Å². The number of hydrogen-bond acceptors (Lipinski definition) is 8. The first-order chi connectivity index (χ1) is 9.24. The van der Waals surface area contributed by atoms with Crippen molar-refractivity contribution in [2.75, 3.05) is 20.2 Å². The second-order valence-corrected chi connectivity index (χ2v) is 4.11. The third kappa shape index (κ3) is 5.59. The summed E-state index contributed by atoms with van der Waals surface area (Å²) in [7, 11) is 1.69. The molecular weight excluding hydrogens is 274 g/mol. The predicted molar refractivity (Wildman–Crippen MR) is 65.7 cm³/mol. The summed E-state index contributed by atoms with van der Waals surface area (Å²) < 4.78 is 0. The molecule has 0 bridgehead atoms. The molecule has 4 atom stereocenters. The van der Waals surface area contributed by atoms with E-state index in [0.29, 0.717) is 6.54 Å². The molecule has 1 aliphatic rings. The van der Waals surface area contributed by atoms with E-state index >= 15 is 0 Å². The summed E-state index contributed by atoms with van der Waals surface area (Å²) in [6, 6.07) is 0. The fraction of sp³-hybridized carbons (Fsp3) is 0.700. The molecule has 1 aliphatic heterocycles. The number of carbonyl (C=O) groups excluding carboxylic acids is 2. The largest absolute Gasteiger partial charge is 0.394 e. The van der Waals surface area contributed by atoms with E-state index in [1.54, 1.807) is 11.9 Å². The Morgan fingerprint density at radius 3 is 2.15 bits per heavy atom. The van der Waals surface area contributed by atoms with Crippen LogP contribution in [0.3, 0.4) is 0 Å². The molecule has 0 saturated carbocycles. The van der Waals surface area contributed by atoms with E-state index in [2.05, 4.69) is 5.32 Å². The van der Waals surface area contributed by atoms with Gasteiger partial charge in [-0.15, -0.1) is 0 Å². The van der Waals surface area contributed by atoms with Crippen molar-refractivity contribution in [3.8, 4) is 0 Å². The molecule has 0 unspecified atom stereocenters. The Bertz CT molecular complexity index is 352. The van der Waals surface area contributed by atoms with E-state index in [1.165, 1.54) is 0 Å². The summed E-state index contributed by atoms with van der Waals surface area (Å²) in [5.74, 6) is 0.0903. The van der Waals surface area contributed by atoms with Crippen molar-refractivity contribution >= 4 is 18.2 Å². The molecule has 1 saturated heterocycles. The first-order valence-electron chi connectivity index (χ1n) is 5.62. The van der Waals surface area contributed by atoms with E-state index in [1.807, 2.05) is 0 Å². The van der Waals surface area contributed by atoms with Crippen LogP contribution < -0.4 is 5.32 Å². The van der Waals surface area contributed by atoms with Crippen molar-refractivity contribution in [2.45, 2.75) is 24.4 Å². The molecule has 1 fully saturated rings. The monoisotopic (exact) mass is 293 g/mol. The number of nitrogens with one attached hydrogen (secondary N) is 2. The van der Waals surface area contributed by atoms with Crippen molar-refractivity contribution in [2.24, 2.45) is 0 Å². The van der Waals surface area contributed by atoms with Gasteiger partial charge < -0.3 is 35.2 Å². The van der Waals surface area contributed by atoms with Crippen molar-refractivity contribution < 1.29 is 35.1 Å². The van der Waals surface area contributed by atoms with Crippen LogP contribution in [0.25, 0.3) is 0 Å². The number of rotatable bonds is 5. The smallest absolute Gasteiger partial charge is 0.246 e. The zero-order valence-electron chi connectivity index (χ0n) is 10.8. The topological polar surface area (TPSA) is 174 Å². The zero-order chi connectivity index (χ0) is 15.9. The number of hydrogen-bond donors (Lipinski definition) is 7. The summed E-state index contributed by atoms with van der Waals surface area (Å²) >= 11 is 0. The maximum Gasteiger partial charge on any atom is 0.246 e. The van der Waals surface area contributed by atoms with Crippen LogP contribution in [0.4, 0.5) is 0 Å². The Balaban J connectivity index is 0.000000388. The van der Waals surface area contributed by atoms with E-state index in [-0.39, 0.29) is 18.2 Å². The van der Waals surface area contributed by atoms with Gasteiger partial charge in [0.15, 0.2) is 12.2 Å². The number of amides is 1. The van der Waals surface area contributed by atoms with Crippen LogP contribution in [0.2, 0.25) is 0 Å². The highest BCUT2D eigenvalue weighted by Gasteiger charge is 2.29. The average Bonchev–Trinajstić information content (AvgIpc) is 2.72. The van der Waals surface area contributed by atoms with Gasteiger partial charge in [0.1, 0.15) is 24.4 Å². The highest BCUT2D eigenvalue weighted by atomic mass is 16.4. The van der Waals surface area contributed by atoms with Gasteiger partial charge >= 0.3 is 0 Å². The second-order valence-electron chi connectivity index (χ2n) is 4.11.